The van der Waals surface area contributed by atoms with Crippen molar-refractivity contribution in [1.29, 1.82) is 0 Å². The van der Waals surface area contributed by atoms with Crippen LogP contribution < -0.4 is 0 Å². The van der Waals surface area contributed by atoms with Gasteiger partial charge in [-0.1, -0.05) is 69.7 Å². The maximum absolute atomic E-state index is 12.5. The van der Waals surface area contributed by atoms with E-state index in [0.717, 1.165) is 18.4 Å². The van der Waals surface area contributed by atoms with Gasteiger partial charge in [-0.05, 0) is 36.6 Å². The third-order valence-corrected chi connectivity index (χ3v) is 5.39. The Bertz CT molecular complexity index is 820. The topological polar surface area (TPSA) is 54.0 Å². The number of aryl methyl sites for hydroxylation is 1. The Balaban J connectivity index is 1.67. The van der Waals surface area contributed by atoms with Crippen LogP contribution in [0.5, 0.6) is 0 Å². The second kappa shape index (κ2) is 11.4. The lowest BCUT2D eigenvalue weighted by Crippen LogP contribution is -2.52. The predicted molar refractivity (Wildman–Crippen MR) is 120 cm³/mol. The Morgan fingerprint density at radius 1 is 1.06 bits per heavy atom. The zero-order valence-electron chi connectivity index (χ0n) is 19.0. The zero-order chi connectivity index (χ0) is 22.2. The first-order valence-electron chi connectivity index (χ1n) is 11.2. The monoisotopic (exact) mass is 426 g/mol. The van der Waals surface area contributed by atoms with Gasteiger partial charge in [-0.3, -0.25) is 0 Å². The molecule has 0 spiro atoms. The van der Waals surface area contributed by atoms with Gasteiger partial charge in [-0.25, -0.2) is 4.79 Å². The molecule has 2 aromatic carbocycles. The molecule has 2 aromatic rings. The molecule has 0 N–H and O–H groups in total. The Kier molecular flexibility index (Phi) is 8.64. The summed E-state index contributed by atoms with van der Waals surface area (Å²) in [6.45, 7) is 8.97. The molecule has 4 atom stereocenters. The third-order valence-electron chi connectivity index (χ3n) is 5.39. The summed E-state index contributed by atoms with van der Waals surface area (Å²) in [5.41, 5.74) is 2.94. The summed E-state index contributed by atoms with van der Waals surface area (Å²) in [4.78, 5) is 12.5. The molecule has 1 unspecified atom stereocenters. The van der Waals surface area contributed by atoms with Crippen molar-refractivity contribution in [1.82, 2.24) is 0 Å². The maximum atomic E-state index is 12.5. The smallest absolute Gasteiger partial charge is 0.338 e. The number of carbonyl (C=O) groups is 1. The van der Waals surface area contributed by atoms with Crippen LogP contribution >= 0.6 is 0 Å². The molecule has 5 nitrogen and oxygen atoms in total. The van der Waals surface area contributed by atoms with E-state index in [4.69, 9.17) is 18.9 Å². The minimum Gasteiger partial charge on any atom is -0.456 e. The van der Waals surface area contributed by atoms with Crippen LogP contribution in [0.15, 0.2) is 54.6 Å². The highest BCUT2D eigenvalue weighted by atomic mass is 16.7. The quantitative estimate of drug-likeness (QED) is 0.518. The lowest BCUT2D eigenvalue weighted by atomic mass is 10.1. The Hall–Kier alpha value is -2.21. The number of hydrogen-bond acceptors (Lipinski definition) is 5. The maximum Gasteiger partial charge on any atom is 0.338 e. The fourth-order valence-corrected chi connectivity index (χ4v) is 3.72. The molecule has 5 heteroatoms. The molecule has 31 heavy (non-hydrogen) atoms. The number of esters is 1. The summed E-state index contributed by atoms with van der Waals surface area (Å²) in [7, 11) is 0. The second-order valence-electron chi connectivity index (χ2n) is 8.44. The van der Waals surface area contributed by atoms with Gasteiger partial charge >= 0.3 is 5.97 Å². The van der Waals surface area contributed by atoms with Crippen molar-refractivity contribution in [2.24, 2.45) is 5.92 Å². The van der Waals surface area contributed by atoms with Gasteiger partial charge in [-0.2, -0.15) is 0 Å². The molecule has 1 fully saturated rings. The molecule has 0 saturated carbocycles. The van der Waals surface area contributed by atoms with Gasteiger partial charge in [0.25, 0.3) is 0 Å². The minimum atomic E-state index is -0.478. The van der Waals surface area contributed by atoms with Crippen molar-refractivity contribution in [2.45, 2.75) is 71.7 Å². The van der Waals surface area contributed by atoms with Gasteiger partial charge < -0.3 is 18.9 Å². The number of carbonyl (C=O) groups excluding carboxylic acids is 1. The molecule has 0 amide bonds. The van der Waals surface area contributed by atoms with Crippen LogP contribution in [0.2, 0.25) is 0 Å². The summed E-state index contributed by atoms with van der Waals surface area (Å²) in [6, 6.07) is 17.4. The molecule has 168 valence electrons. The number of rotatable bonds is 9. The second-order valence-corrected chi connectivity index (χ2v) is 8.44. The van der Waals surface area contributed by atoms with E-state index in [9.17, 15) is 4.79 Å². The molecule has 0 aromatic heterocycles. The average Bonchev–Trinajstić information content (AvgIpc) is 2.78. The van der Waals surface area contributed by atoms with Gasteiger partial charge in [-0.15, -0.1) is 0 Å². The number of ether oxygens (including phenoxy) is 4. The standard InChI is InChI=1S/C26H34O5/c1-5-10-20-11-9-12-21(15-20)16-28-23-17-29-26(18(2)3)31-24(23)19(4)30-25(27)22-13-7-6-8-14-22/h6-9,11-15,18-19,23-24,26H,5,10,16-17H2,1-4H3/t19?,23-,24-,26+/m1/s1. The van der Waals surface area contributed by atoms with E-state index < -0.39 is 12.2 Å². The molecular weight excluding hydrogens is 392 g/mol. The Labute approximate surface area is 185 Å². The van der Waals surface area contributed by atoms with Gasteiger partial charge in [0.15, 0.2) is 6.29 Å². The van der Waals surface area contributed by atoms with E-state index in [-0.39, 0.29) is 24.3 Å². The van der Waals surface area contributed by atoms with Gasteiger partial charge in [0, 0.05) is 5.92 Å². The molecular formula is C26H34O5. The molecule has 3 rings (SSSR count). The van der Waals surface area contributed by atoms with Crippen molar-refractivity contribution in [2.75, 3.05) is 6.61 Å². The van der Waals surface area contributed by atoms with Crippen LogP contribution in [-0.4, -0.2) is 37.2 Å². The average molecular weight is 427 g/mol. The molecule has 0 aliphatic carbocycles. The highest BCUT2D eigenvalue weighted by Crippen LogP contribution is 2.26. The van der Waals surface area contributed by atoms with Crippen LogP contribution in [0, 0.1) is 5.92 Å². The van der Waals surface area contributed by atoms with Gasteiger partial charge in [0.1, 0.15) is 18.3 Å². The van der Waals surface area contributed by atoms with Crippen molar-refractivity contribution in [3.05, 3.63) is 71.3 Å². The van der Waals surface area contributed by atoms with Crippen molar-refractivity contribution in [3.63, 3.8) is 0 Å². The lowest BCUT2D eigenvalue weighted by molar-refractivity contribution is -0.291. The molecule has 1 aliphatic heterocycles. The van der Waals surface area contributed by atoms with Crippen molar-refractivity contribution < 1.29 is 23.7 Å². The zero-order valence-corrected chi connectivity index (χ0v) is 19.0. The van der Waals surface area contributed by atoms with E-state index in [1.54, 1.807) is 12.1 Å². The highest BCUT2D eigenvalue weighted by molar-refractivity contribution is 5.89. The van der Waals surface area contributed by atoms with Crippen LogP contribution in [0.4, 0.5) is 0 Å². The highest BCUT2D eigenvalue weighted by Gasteiger charge is 2.39. The van der Waals surface area contributed by atoms with Crippen LogP contribution in [0.1, 0.15) is 55.6 Å². The summed E-state index contributed by atoms with van der Waals surface area (Å²) < 4.78 is 24.0. The van der Waals surface area contributed by atoms with E-state index in [1.807, 2.05) is 39.0 Å². The minimum absolute atomic E-state index is 0.186. The Morgan fingerprint density at radius 2 is 1.81 bits per heavy atom. The summed E-state index contributed by atoms with van der Waals surface area (Å²) >= 11 is 0. The van der Waals surface area contributed by atoms with Crippen LogP contribution in [-0.2, 0) is 32.0 Å². The van der Waals surface area contributed by atoms with E-state index in [2.05, 4.69) is 31.2 Å². The first kappa shape index (κ1) is 23.5. The van der Waals surface area contributed by atoms with E-state index in [1.165, 1.54) is 5.56 Å². The fourth-order valence-electron chi connectivity index (χ4n) is 3.72. The largest absolute Gasteiger partial charge is 0.456 e. The van der Waals surface area contributed by atoms with E-state index >= 15 is 0 Å². The fraction of sp³-hybridized carbons (Fsp3) is 0.500. The summed E-state index contributed by atoms with van der Waals surface area (Å²) in [6.07, 6.45) is 0.590. The normalized spacial score (nSPS) is 22.3. The molecule has 1 aliphatic rings. The summed E-state index contributed by atoms with van der Waals surface area (Å²) in [5, 5.41) is 0. The molecule has 1 heterocycles. The third kappa shape index (κ3) is 6.63. The van der Waals surface area contributed by atoms with Crippen LogP contribution in [0.25, 0.3) is 0 Å². The Morgan fingerprint density at radius 3 is 2.52 bits per heavy atom. The van der Waals surface area contributed by atoms with Gasteiger partial charge in [0.05, 0.1) is 18.8 Å². The first-order chi connectivity index (χ1) is 15.0. The van der Waals surface area contributed by atoms with Crippen LogP contribution in [0.3, 0.4) is 0 Å². The van der Waals surface area contributed by atoms with Gasteiger partial charge in [0.2, 0.25) is 0 Å². The molecule has 0 radical (unpaired) electrons. The number of benzene rings is 2. The first-order valence-corrected chi connectivity index (χ1v) is 11.2. The number of hydrogen-bond donors (Lipinski definition) is 0. The summed E-state index contributed by atoms with van der Waals surface area (Å²) in [5.74, 6) is -0.179. The molecule has 1 saturated heterocycles. The van der Waals surface area contributed by atoms with Crippen molar-refractivity contribution in [3.8, 4) is 0 Å². The van der Waals surface area contributed by atoms with Crippen molar-refractivity contribution >= 4 is 5.97 Å². The molecule has 0 bridgehead atoms. The SMILES string of the molecule is CCCc1cccc(CO[C@@H]2CO[C@H](C(C)C)O[C@@H]2C(C)OC(=O)c2ccccc2)c1. The lowest BCUT2D eigenvalue weighted by Gasteiger charge is -2.40. The van der Waals surface area contributed by atoms with E-state index in [0.29, 0.717) is 18.8 Å². The predicted octanol–water partition coefficient (Wildman–Crippen LogP) is 5.17.